The number of carbonyl (C=O) groups is 5. The van der Waals surface area contributed by atoms with E-state index in [0.717, 1.165) is 18.8 Å². The van der Waals surface area contributed by atoms with Gasteiger partial charge in [-0.15, -0.1) is 0 Å². The Kier molecular flexibility index (Phi) is 25.1. The molecule has 0 amide bonds. The number of unbranched alkanes of at least 4 members (excludes halogenated alkanes) is 1. The Morgan fingerprint density at radius 2 is 1.23 bits per heavy atom. The lowest BCUT2D eigenvalue weighted by molar-refractivity contribution is -0.394. The minimum absolute atomic E-state index is 0.0342. The number of ether oxygens (including phenoxy) is 13. The van der Waals surface area contributed by atoms with Gasteiger partial charge >= 0.3 is 17.9 Å². The highest BCUT2D eigenvalue weighted by molar-refractivity contribution is 5.87. The summed E-state index contributed by atoms with van der Waals surface area (Å²) < 4.78 is 79.8. The van der Waals surface area contributed by atoms with Gasteiger partial charge in [-0.25, -0.2) is 4.79 Å². The lowest BCUT2D eigenvalue weighted by Gasteiger charge is -2.71. The van der Waals surface area contributed by atoms with Crippen molar-refractivity contribution in [3.63, 3.8) is 0 Å². The summed E-state index contributed by atoms with van der Waals surface area (Å²) in [7, 11) is 0. The monoisotopic (exact) mass is 1490 g/mol. The van der Waals surface area contributed by atoms with Gasteiger partial charge < -0.3 is 128 Å². The lowest BCUT2D eigenvalue weighted by atomic mass is 9.33. The molecule has 5 aliphatic heterocycles. The number of carbonyl (C=O) groups excluding carboxylic acids is 5. The maximum atomic E-state index is 15.5. The van der Waals surface area contributed by atoms with Gasteiger partial charge in [0.1, 0.15) is 85.6 Å². The topological polar surface area (TPSA) is 448 Å². The number of aryl methyl sites for hydroxylation is 1. The first kappa shape index (κ1) is 81.4. The molecule has 10 aliphatic rings. The molecule has 26 unspecified atom stereocenters. The molecule has 1 aromatic rings. The number of allylic oxidation sites excluding steroid dienone is 2. The van der Waals surface area contributed by atoms with Crippen LogP contribution >= 0.6 is 0 Å². The summed E-state index contributed by atoms with van der Waals surface area (Å²) >= 11 is 0. The van der Waals surface area contributed by atoms with Crippen LogP contribution in [0.3, 0.4) is 0 Å². The second-order valence-corrected chi connectivity index (χ2v) is 33.0. The minimum Gasteiger partial charge on any atom is -0.468 e. The van der Waals surface area contributed by atoms with E-state index >= 15 is 4.79 Å². The summed E-state index contributed by atoms with van der Waals surface area (Å²) in [6.45, 7) is 17.6. The third-order valence-electron chi connectivity index (χ3n) is 25.7. The predicted octanol–water partition coefficient (Wildman–Crippen LogP) is 0.839. The maximum absolute atomic E-state index is 15.5. The van der Waals surface area contributed by atoms with E-state index in [4.69, 9.17) is 61.6 Å². The highest BCUT2D eigenvalue weighted by Crippen LogP contribution is 2.75. The van der Waals surface area contributed by atoms with Gasteiger partial charge in [-0.2, -0.15) is 0 Å². The largest absolute Gasteiger partial charge is 0.468 e. The molecule has 590 valence electrons. The summed E-state index contributed by atoms with van der Waals surface area (Å²) in [5.41, 5.74) is -1.99. The number of aldehydes is 1. The van der Waals surface area contributed by atoms with Crippen molar-refractivity contribution in [2.45, 2.75) is 293 Å². The van der Waals surface area contributed by atoms with Crippen molar-refractivity contribution in [3.05, 3.63) is 53.6 Å². The zero-order valence-corrected chi connectivity index (χ0v) is 61.2. The van der Waals surface area contributed by atoms with Crippen LogP contribution < -0.4 is 0 Å². The van der Waals surface area contributed by atoms with Crippen LogP contribution in [-0.4, -0.2) is 271 Å². The molecule has 5 aliphatic carbocycles. The zero-order chi connectivity index (χ0) is 76.3. The second-order valence-electron chi connectivity index (χ2n) is 33.0. The summed E-state index contributed by atoms with van der Waals surface area (Å²) in [5.74, 6) is -5.27. The molecule has 0 spiro atoms. The molecule has 9 fully saturated rings. The van der Waals surface area contributed by atoms with Crippen LogP contribution in [-0.2, 0) is 85.6 Å². The number of hydrogen-bond donors (Lipinski definition) is 12. The number of aliphatic hydroxyl groups excluding tert-OH is 12. The Balaban J connectivity index is 0.867. The molecule has 0 aromatic heterocycles. The van der Waals surface area contributed by atoms with Gasteiger partial charge in [-0.3, -0.25) is 14.4 Å². The van der Waals surface area contributed by atoms with E-state index in [0.29, 0.717) is 50.6 Å². The van der Waals surface area contributed by atoms with Crippen molar-refractivity contribution in [2.24, 2.45) is 62.6 Å². The molecular formula is C75H110O30. The SMILES string of the molecule is CC(=O)OC1C(OC(=O)/C=C/c2ccc(C)cc2)C(C)OC(OC(=O)[C@@H]2CC(C)(C)C[C@@H]3C2[C@H](O)C[C@]2(C)C3C=C[C@@H]3[C@@]4(C)CC[C@H](OC5OC(CCCCOC=O)C(O)C(OC6OCC(O)C(O)C6O)C5OC5OC(CO)C(O)C(O)C5O)[C@@](C)(C=O)[C@@H]4CC[C@]32C)C1OC1OC(C)C(O)C(O)C1O. The van der Waals surface area contributed by atoms with Crippen molar-refractivity contribution in [2.75, 3.05) is 19.8 Å². The molecular weight excluding hydrogens is 1380 g/mol. The first-order valence-electron chi connectivity index (χ1n) is 37.0. The molecule has 30 nitrogen and oxygen atoms in total. The molecule has 30 heteroatoms. The first-order chi connectivity index (χ1) is 49.5. The highest BCUT2D eigenvalue weighted by Gasteiger charge is 2.71. The van der Waals surface area contributed by atoms with Crippen LogP contribution in [0.15, 0.2) is 42.5 Å². The molecule has 0 bridgehead atoms. The Morgan fingerprint density at radius 1 is 0.590 bits per heavy atom. The summed E-state index contributed by atoms with van der Waals surface area (Å²) in [6, 6.07) is 7.34. The lowest BCUT2D eigenvalue weighted by Crippen LogP contribution is -2.69. The summed E-state index contributed by atoms with van der Waals surface area (Å²) in [6.07, 6.45) is -29.9. The third-order valence-corrected chi connectivity index (χ3v) is 25.7. The van der Waals surface area contributed by atoms with Crippen LogP contribution in [0.4, 0.5) is 0 Å². The number of aliphatic hydroxyl groups is 12. The van der Waals surface area contributed by atoms with E-state index in [1.807, 2.05) is 26.0 Å². The summed E-state index contributed by atoms with van der Waals surface area (Å²) in [5, 5.41) is 134. The van der Waals surface area contributed by atoms with E-state index < -0.39 is 236 Å². The fourth-order valence-electron chi connectivity index (χ4n) is 19.9. The third kappa shape index (κ3) is 15.8. The Labute approximate surface area is 610 Å². The molecule has 4 saturated carbocycles. The van der Waals surface area contributed by atoms with Crippen LogP contribution in [0.5, 0.6) is 0 Å². The van der Waals surface area contributed by atoms with E-state index in [9.17, 15) is 80.5 Å². The average Bonchev–Trinajstić information content (AvgIpc) is 0.676. The van der Waals surface area contributed by atoms with Crippen molar-refractivity contribution in [3.8, 4) is 0 Å². The Morgan fingerprint density at radius 3 is 1.90 bits per heavy atom. The molecule has 1 aromatic carbocycles. The van der Waals surface area contributed by atoms with Gasteiger partial charge in [0, 0.05) is 18.9 Å². The van der Waals surface area contributed by atoms with Crippen LogP contribution in [0.2, 0.25) is 0 Å². The first-order valence-corrected chi connectivity index (χ1v) is 37.0. The normalized spacial score (nSPS) is 48.1. The van der Waals surface area contributed by atoms with Gasteiger partial charge in [0.25, 0.3) is 6.47 Å². The molecule has 12 N–H and O–H groups in total. The van der Waals surface area contributed by atoms with E-state index in [1.165, 1.54) is 26.0 Å². The average molecular weight is 1490 g/mol. The predicted molar refractivity (Wildman–Crippen MR) is 361 cm³/mol. The second kappa shape index (κ2) is 32.4. The number of rotatable bonds is 22. The fourth-order valence-corrected chi connectivity index (χ4v) is 19.9. The van der Waals surface area contributed by atoms with Gasteiger partial charge in [0.15, 0.2) is 43.5 Å². The maximum Gasteiger partial charge on any atom is 0.331 e. The van der Waals surface area contributed by atoms with Crippen molar-refractivity contribution < 1.29 is 147 Å². The number of esters is 3. The standard InChI is InChI=1S/C75H110O30/c1-34-14-16-38(17-15-34)18-21-49(82)101-60-36(3)96-69(64(62(60)97-37(4)79)104-67-58(90)55(87)51(83)35(2)95-67)105-65(92)40-28-71(5,6)27-39-41-19-20-47-72(7)24-23-48(73(8,32-77)46(72)22-25-74(47,9)75(41,10)29-42(80)50(39)40)100-70-63(103-68-59(91)56(88)53(85)45(30-76)99-68)61(102-66-57(89)52(84)43(81)31-94-66)54(86)44(98-70)13-11-12-26-93-33-78/h14-21,32-33,35-36,39-48,50-64,66-70,76,80-81,83-91H,11-13,22-31H2,1-10H3/b21-18+/t35?,36?,39-,40+,41?,42+,43?,44?,45?,46+,47+,48-,50?,51?,52?,53?,54?,55?,56?,57?,58?,59?,60?,61?,62?,63?,64?,66?,67?,68?,69?,70?,72-,73-,74+,75+/m0/s1. The van der Waals surface area contributed by atoms with Crippen molar-refractivity contribution >= 4 is 36.7 Å². The van der Waals surface area contributed by atoms with E-state index in [1.54, 1.807) is 12.1 Å². The number of hydrogen-bond acceptors (Lipinski definition) is 30. The van der Waals surface area contributed by atoms with Crippen LogP contribution in [0, 0.1) is 69.5 Å². The van der Waals surface area contributed by atoms with Crippen LogP contribution in [0.25, 0.3) is 6.08 Å². The molecule has 11 rings (SSSR count). The Hall–Kier alpha value is -4.59. The van der Waals surface area contributed by atoms with Gasteiger partial charge in [0.2, 0.25) is 6.29 Å². The Bertz CT molecular complexity index is 3230. The molecule has 105 heavy (non-hydrogen) atoms. The molecule has 0 radical (unpaired) electrons. The van der Waals surface area contributed by atoms with Crippen molar-refractivity contribution in [1.29, 1.82) is 0 Å². The smallest absolute Gasteiger partial charge is 0.331 e. The molecule has 5 saturated heterocycles. The summed E-state index contributed by atoms with van der Waals surface area (Å²) in [4.78, 5) is 67.7. The van der Waals surface area contributed by atoms with E-state index in [-0.39, 0.29) is 50.0 Å². The van der Waals surface area contributed by atoms with E-state index in [2.05, 4.69) is 46.8 Å². The quantitative estimate of drug-likeness (QED) is 0.0146. The number of benzene rings is 1. The van der Waals surface area contributed by atoms with Gasteiger partial charge in [0.05, 0.1) is 61.7 Å². The highest BCUT2D eigenvalue weighted by atomic mass is 16.8. The minimum atomic E-state index is -1.99. The fraction of sp³-hybridized carbons (Fsp3) is 0.800. The van der Waals surface area contributed by atoms with Crippen molar-refractivity contribution in [1.82, 2.24) is 0 Å². The van der Waals surface area contributed by atoms with Gasteiger partial charge in [-0.05, 0) is 142 Å². The molecule has 36 atom stereocenters. The molecule has 5 heterocycles. The number of fused-ring (bicyclic) bond motifs is 7. The zero-order valence-electron chi connectivity index (χ0n) is 61.2. The van der Waals surface area contributed by atoms with Gasteiger partial charge in [-0.1, -0.05) is 83.5 Å². The van der Waals surface area contributed by atoms with Crippen LogP contribution in [0.1, 0.15) is 138 Å².